The second-order valence-electron chi connectivity index (χ2n) is 32.8. The number of aliphatic hydroxyl groups is 1. The molecule has 6 saturated heterocycles. The number of imidazole rings is 4. The van der Waals surface area contributed by atoms with E-state index in [1.54, 1.807) is 13.8 Å². The van der Waals surface area contributed by atoms with Crippen molar-refractivity contribution in [1.82, 2.24) is 97.2 Å². The molecule has 144 heavy (non-hydrogen) atoms. The fourth-order valence-electron chi connectivity index (χ4n) is 16.7. The Bertz CT molecular complexity index is 6850. The van der Waals surface area contributed by atoms with E-state index in [2.05, 4.69) is 69.8 Å². The van der Waals surface area contributed by atoms with Gasteiger partial charge in [0.15, 0.2) is 76.7 Å². The Morgan fingerprint density at radius 3 is 1.24 bits per heavy atom. The van der Waals surface area contributed by atoms with Gasteiger partial charge < -0.3 is 183 Å². The highest BCUT2D eigenvalue weighted by molar-refractivity contribution is 8.32. The molecule has 62 nitrogen and oxygen atoms in total. The third-order valence-corrected chi connectivity index (χ3v) is 30.6. The molecule has 6 fully saturated rings. The van der Waals surface area contributed by atoms with E-state index in [9.17, 15) is 38.9 Å². The van der Waals surface area contributed by atoms with Crippen LogP contribution in [-0.2, 0) is 168 Å². The number of nitrogens with one attached hydrogen (secondary N) is 3. The number of H-pyrrole nitrogens is 3. The highest BCUT2D eigenvalue weighted by atomic mass is 32.7. The van der Waals surface area contributed by atoms with Crippen LogP contribution in [-0.4, -0.2) is 314 Å². The number of phosphoric ester groups is 1. The number of hydrogen-bond donors (Lipinski definition) is 10. The zero-order valence-corrected chi connectivity index (χ0v) is 84.5. The maximum Gasteiger partial charge on any atom is 0.351 e. The summed E-state index contributed by atoms with van der Waals surface area (Å²) in [6.07, 6.45) is -26.0. The van der Waals surface area contributed by atoms with Gasteiger partial charge in [-0.15, -0.1) is 0 Å². The Labute approximate surface area is 831 Å². The van der Waals surface area contributed by atoms with Crippen LogP contribution < -0.4 is 82.0 Å². The fraction of sp³-hybridized carbons (Fsp3) is 0.616. The number of methoxy groups -OCH3 is 4. The molecule has 10 aromatic rings. The van der Waals surface area contributed by atoms with Crippen LogP contribution in [0.2, 0.25) is 0 Å². The van der Waals surface area contributed by atoms with Crippen LogP contribution >= 0.6 is 34.8 Å². The van der Waals surface area contributed by atoms with E-state index in [-0.39, 0.29) is 152 Å². The van der Waals surface area contributed by atoms with Crippen molar-refractivity contribution in [3.8, 4) is 0 Å². The SMILES string of the molecule is CC[C@H]1O[C@@H](n2cnc3c(=O)[nH]c(N)nc32)CC1OP([O-])(=S)OC[C@H]1O[C@@H](n2cnc3c(=O)[nH]c(N)nc32)CC1OP(=O)([S-])OC[C@H]1O[C@@H](n2cnc3c(N)ncnc32)[C@@H](OCCOC)C1OP(=O)([O-])OC[C@H]1O[C@@H](n2cnc3c(=O)[nH]c(N)nc32)[C@@H](OCCOC)C1OP([O-])(=S)OC[C@H]1O[C@@H](n2cc(C)c(N)nc2=O)[C@@H](OCCOC)C1OP([O-])(=S)OC[C@H]1O[C@@H](n2cc(C)c(N)nc2=O)[C@@H](OCCOC)C1O. The topological polar surface area (TPSA) is 828 Å². The number of phosphoric acid groups is 1. The van der Waals surface area contributed by atoms with Crippen molar-refractivity contribution in [3.63, 3.8) is 0 Å². The minimum Gasteiger partial charge on any atom is -0.780 e. The molecule has 6 aliphatic rings. The lowest BCUT2D eigenvalue weighted by molar-refractivity contribution is -0.237. The lowest BCUT2D eigenvalue weighted by Crippen LogP contribution is -2.42. The molecule has 790 valence electrons. The molecule has 0 amide bonds. The molecule has 27 atom stereocenters. The molecule has 0 bridgehead atoms. The van der Waals surface area contributed by atoms with Gasteiger partial charge in [-0.2, -0.15) is 24.9 Å². The summed E-state index contributed by atoms with van der Waals surface area (Å²) >= 11 is 22.4. The summed E-state index contributed by atoms with van der Waals surface area (Å²) in [7, 11) is -0.739. The van der Waals surface area contributed by atoms with Gasteiger partial charge in [-0.1, -0.05) is 42.3 Å². The van der Waals surface area contributed by atoms with Crippen molar-refractivity contribution in [2.24, 2.45) is 0 Å². The van der Waals surface area contributed by atoms with Gasteiger partial charge in [0.2, 0.25) is 17.8 Å². The molecule has 16 N–H and O–H groups in total. The standard InChI is InChI=1S/C73H103N26O36P5S4/c1-8-33-34(17-41(125-33)96-27-83-44-59(96)88-69(77)91-62(44)101)131-137(108,141)121-21-36-35(18-42(126-36)97-28-84-45-60(97)89-70(78)92-63(45)102)132-138(109,142)123-24-39-48(52(117-14-10-113-5)67(130-39)98-29-82-43-57(76)80-26-81-58(43)98)133-136(106,107)120-23-38-49(54(119-16-12-115-7)68(129-38)99-30-85-46-61(99)90-71(79)93-64(46)103)134-140(111,144)124-25-40-50(53(118-15-11-114-6)66(128-40)95-20-32(3)56(75)87-73(95)105)135-139(110,143)122-22-37-47(100)51(116-13-9-112-4)65(127-37)94-19-31(2)55(74)86-72(94)104/h19-20,26-30,33-42,47-54,65-68,100H,8-18,21-25H2,1-7H3,(H,106,107)(H,108,141)(H,109,142)(H,110,143)(H,111,144)(H2,74,86,104)(H2,75,87,105)(H2,76,80,81)(H3,77,88,91,101)(H3,78,89,92,102)(H3,79,90,93,103)/p-5/t33-,34?,35?,36-,37-,38-,39-,40-,41-,42-,47?,48?,49?,50?,51+,52+,53+,54+,65-,66-,67-,68-,137?,138?,139?,140?/m1/s1. The molecule has 0 aromatic carbocycles. The predicted octanol–water partition coefficient (Wildman–Crippen LogP) is -4.20. The van der Waals surface area contributed by atoms with Crippen molar-refractivity contribution in [1.29, 1.82) is 0 Å². The summed E-state index contributed by atoms with van der Waals surface area (Å²) in [5.74, 6) is -1.35. The van der Waals surface area contributed by atoms with Crippen LogP contribution in [0.5, 0.6) is 0 Å². The summed E-state index contributed by atoms with van der Waals surface area (Å²) in [5.41, 5.74) is 31.9. The van der Waals surface area contributed by atoms with E-state index in [1.165, 1.54) is 80.4 Å². The highest BCUT2D eigenvalue weighted by Crippen LogP contribution is 2.57. The second kappa shape index (κ2) is 45.7. The monoisotopic (exact) mass is 2200 g/mol. The van der Waals surface area contributed by atoms with E-state index in [0.29, 0.717) is 5.56 Å². The van der Waals surface area contributed by atoms with Crippen LogP contribution in [0.25, 0.3) is 44.7 Å². The Morgan fingerprint density at radius 2 is 0.778 bits per heavy atom. The van der Waals surface area contributed by atoms with Crippen LogP contribution in [0.15, 0.2) is 68.0 Å². The number of nitrogen functional groups attached to an aromatic ring is 6. The molecular formula is C73H98N26O36P5S4-5. The smallest absolute Gasteiger partial charge is 0.351 e. The minimum atomic E-state index is -6.12. The van der Waals surface area contributed by atoms with Gasteiger partial charge in [-0.05, 0) is 20.3 Å². The van der Waals surface area contributed by atoms with E-state index in [0.717, 1.165) is 26.4 Å². The number of fused-ring (bicyclic) bond motifs is 4. The first kappa shape index (κ1) is 108. The summed E-state index contributed by atoms with van der Waals surface area (Å²) in [4.78, 5) is 180. The molecule has 0 spiro atoms. The fourth-order valence-corrected chi connectivity index (χ4v) is 23.4. The number of aliphatic hydroxyl groups excluding tert-OH is 1. The molecule has 0 saturated carbocycles. The number of nitrogens with zero attached hydrogens (tertiary/aromatic N) is 17. The van der Waals surface area contributed by atoms with Gasteiger partial charge in [-0.3, -0.25) is 65.9 Å². The van der Waals surface area contributed by atoms with Gasteiger partial charge in [0, 0.05) is 64.8 Å². The van der Waals surface area contributed by atoms with Crippen molar-refractivity contribution in [2.75, 3.05) is 149 Å². The highest BCUT2D eigenvalue weighted by Gasteiger charge is 2.56. The average Bonchev–Trinajstić information content (AvgIpc) is 1.62. The van der Waals surface area contributed by atoms with Gasteiger partial charge in [0.05, 0.1) is 130 Å². The van der Waals surface area contributed by atoms with Crippen molar-refractivity contribution in [2.45, 2.75) is 175 Å². The van der Waals surface area contributed by atoms with E-state index in [4.69, 9.17) is 194 Å². The predicted molar refractivity (Wildman–Crippen MR) is 498 cm³/mol. The largest absolute Gasteiger partial charge is 0.780 e. The first-order chi connectivity index (χ1) is 68.6. The number of aromatic nitrogens is 20. The number of rotatable bonds is 48. The molecule has 0 aliphatic carbocycles. The third-order valence-electron chi connectivity index (χ3n) is 23.4. The van der Waals surface area contributed by atoms with Crippen LogP contribution in [0, 0.1) is 13.8 Å². The van der Waals surface area contributed by atoms with E-state index in [1.807, 2.05) is 0 Å². The Morgan fingerprint density at radius 1 is 0.417 bits per heavy atom. The molecule has 6 aliphatic heterocycles. The third kappa shape index (κ3) is 24.4. The number of aryl methyl sites for hydroxylation is 2. The quantitative estimate of drug-likeness (QED) is 0.00982. The van der Waals surface area contributed by atoms with Crippen molar-refractivity contribution >= 4 is 162 Å². The number of anilines is 6. The zero-order chi connectivity index (χ0) is 103. The summed E-state index contributed by atoms with van der Waals surface area (Å²) in [6, 6.07) is 0. The van der Waals surface area contributed by atoms with Crippen molar-refractivity contribution in [3.05, 3.63) is 107 Å². The number of aromatic amines is 3. The molecule has 0 radical (unpaired) electrons. The Balaban J connectivity index is 0.679. The van der Waals surface area contributed by atoms with Gasteiger partial charge >= 0.3 is 11.4 Å². The lowest BCUT2D eigenvalue weighted by Gasteiger charge is -2.37. The van der Waals surface area contributed by atoms with Crippen LogP contribution in [0.3, 0.4) is 0 Å². The van der Waals surface area contributed by atoms with Gasteiger partial charge in [0.25, 0.3) is 24.5 Å². The number of ether oxygens (including phenoxy) is 14. The maximum absolute atomic E-state index is 15.6. The van der Waals surface area contributed by atoms with E-state index >= 15 is 18.9 Å². The number of nitrogens with two attached hydrogens (primary N) is 6. The van der Waals surface area contributed by atoms with Crippen molar-refractivity contribution < 1.29 is 145 Å². The average molecular weight is 2200 g/mol. The maximum atomic E-state index is 15.6. The van der Waals surface area contributed by atoms with E-state index < -0.39 is 237 Å². The number of hydrogen-bond acceptors (Lipinski definition) is 57. The van der Waals surface area contributed by atoms with Gasteiger partial charge in [-0.25, -0.2) is 39.5 Å². The summed E-state index contributed by atoms with van der Waals surface area (Å²) in [5, 5.41) is 11.8. The Hall–Kier alpha value is -8.24. The molecule has 10 aromatic heterocycles. The summed E-state index contributed by atoms with van der Waals surface area (Å²) < 4.78 is 183. The second-order valence-corrected chi connectivity index (χ2v) is 45.0. The van der Waals surface area contributed by atoms with Crippen LogP contribution in [0.4, 0.5) is 35.3 Å². The zero-order valence-electron chi connectivity index (χ0n) is 76.7. The first-order valence-electron chi connectivity index (χ1n) is 43.6. The molecular weight excluding hydrogens is 2100 g/mol. The van der Waals surface area contributed by atoms with Gasteiger partial charge in [0.1, 0.15) is 135 Å². The lowest BCUT2D eigenvalue weighted by atomic mass is 10.1. The molecule has 16 rings (SSSR count). The Kier molecular flexibility index (Phi) is 34.4. The summed E-state index contributed by atoms with van der Waals surface area (Å²) in [6.45, 7) is -22.0. The molecule has 11 unspecified atom stereocenters. The molecule has 16 heterocycles. The molecule has 71 heteroatoms. The first-order valence-corrected chi connectivity index (χ1v) is 55.3. The minimum absolute atomic E-state index is 0.0144. The normalized spacial score (nSPS) is 28.9. The van der Waals surface area contributed by atoms with Crippen LogP contribution in [0.1, 0.15) is 74.7 Å².